The van der Waals surface area contributed by atoms with E-state index in [4.69, 9.17) is 4.74 Å². The Hall–Kier alpha value is -3.47. The predicted octanol–water partition coefficient (Wildman–Crippen LogP) is 6.84. The second-order valence-electron chi connectivity index (χ2n) is 6.56. The van der Waals surface area contributed by atoms with Gasteiger partial charge in [0.25, 0.3) is 0 Å². The van der Waals surface area contributed by atoms with Crippen molar-refractivity contribution in [1.29, 1.82) is 0 Å². The van der Waals surface area contributed by atoms with Gasteiger partial charge < -0.3 is 9.47 Å². The average molecular weight is 488 g/mol. The summed E-state index contributed by atoms with van der Waals surface area (Å²) in [4.78, 5) is -0.0908. The van der Waals surface area contributed by atoms with E-state index in [-0.39, 0.29) is 22.0 Å². The van der Waals surface area contributed by atoms with Gasteiger partial charge in [-0.1, -0.05) is 12.1 Å². The van der Waals surface area contributed by atoms with E-state index in [9.17, 15) is 34.8 Å². The number of halogens is 6. The molecule has 0 spiro atoms. The van der Waals surface area contributed by atoms with Crippen molar-refractivity contribution >= 4 is 15.9 Å². The first kappa shape index (κ1) is 24.2. The Kier molecular flexibility index (Phi) is 6.73. The molecule has 4 nitrogen and oxygen atoms in total. The summed E-state index contributed by atoms with van der Waals surface area (Å²) < 4.78 is 108. The van der Waals surface area contributed by atoms with Crippen LogP contribution in [0.4, 0.5) is 26.3 Å². The number of sulfone groups is 1. The molecule has 0 N–H and O–H groups in total. The molecule has 0 heterocycles. The highest BCUT2D eigenvalue weighted by atomic mass is 32.2. The van der Waals surface area contributed by atoms with Crippen LogP contribution in [0.2, 0.25) is 0 Å². The summed E-state index contributed by atoms with van der Waals surface area (Å²) in [5.41, 5.74) is -0.579. The smallest absolute Gasteiger partial charge is 0.457 e. The fourth-order valence-electron chi connectivity index (χ4n) is 2.57. The highest BCUT2D eigenvalue weighted by Crippen LogP contribution is 2.30. The molecular formula is C22H14F6O4S. The lowest BCUT2D eigenvalue weighted by Crippen LogP contribution is -2.16. The van der Waals surface area contributed by atoms with Gasteiger partial charge in [-0.3, -0.25) is 0 Å². The zero-order valence-corrected chi connectivity index (χ0v) is 17.2. The topological polar surface area (TPSA) is 52.6 Å². The van der Waals surface area contributed by atoms with Crippen molar-refractivity contribution in [3.63, 3.8) is 0 Å². The number of hydrogen-bond donors (Lipinski definition) is 0. The molecule has 0 bridgehead atoms. The highest BCUT2D eigenvalue weighted by molar-refractivity contribution is 7.94. The van der Waals surface area contributed by atoms with Crippen LogP contribution < -0.4 is 9.47 Å². The second kappa shape index (κ2) is 9.18. The van der Waals surface area contributed by atoms with Crippen LogP contribution in [0.1, 0.15) is 11.1 Å². The predicted molar refractivity (Wildman–Crippen MR) is 107 cm³/mol. The summed E-state index contributed by atoms with van der Waals surface area (Å²) in [5, 5.41) is 0.866. The minimum Gasteiger partial charge on any atom is -0.457 e. The maximum absolute atomic E-state index is 12.6. The highest BCUT2D eigenvalue weighted by Gasteiger charge is 2.31. The number of rotatable bonds is 6. The van der Waals surface area contributed by atoms with Gasteiger partial charge in [0.15, 0.2) is 9.84 Å². The quantitative estimate of drug-likeness (QED) is 0.357. The Labute approximate surface area is 184 Å². The van der Waals surface area contributed by atoms with Crippen molar-refractivity contribution in [3.05, 3.63) is 89.3 Å². The molecule has 11 heteroatoms. The number of ether oxygens (including phenoxy) is 2. The van der Waals surface area contributed by atoms with Crippen LogP contribution in [-0.2, 0) is 16.0 Å². The Morgan fingerprint density at radius 2 is 1.15 bits per heavy atom. The summed E-state index contributed by atoms with van der Waals surface area (Å²) in [6, 6.07) is 13.8. The van der Waals surface area contributed by atoms with E-state index in [0.717, 1.165) is 41.8 Å². The van der Waals surface area contributed by atoms with Crippen molar-refractivity contribution in [1.82, 2.24) is 0 Å². The maximum Gasteiger partial charge on any atom is 0.573 e. The molecule has 0 amide bonds. The lowest BCUT2D eigenvalue weighted by Gasteiger charge is -2.10. The molecule has 3 aromatic rings. The Bertz CT molecular complexity index is 1210. The molecule has 0 saturated heterocycles. The fourth-order valence-corrected chi connectivity index (χ4v) is 3.58. The molecule has 0 aliphatic rings. The third-order valence-electron chi connectivity index (χ3n) is 4.12. The van der Waals surface area contributed by atoms with Crippen molar-refractivity contribution < 1.29 is 44.2 Å². The molecule has 0 unspecified atom stereocenters. The van der Waals surface area contributed by atoms with E-state index in [1.54, 1.807) is 0 Å². The molecule has 0 aliphatic heterocycles. The van der Waals surface area contributed by atoms with Crippen LogP contribution in [0.5, 0.6) is 17.2 Å². The first-order chi connectivity index (χ1) is 15.3. The van der Waals surface area contributed by atoms with E-state index in [0.29, 0.717) is 0 Å². The molecule has 0 fully saturated rings. The minimum absolute atomic E-state index is 0.0908. The van der Waals surface area contributed by atoms with Gasteiger partial charge in [-0.15, -0.1) is 13.2 Å². The Morgan fingerprint density at radius 3 is 1.64 bits per heavy atom. The van der Waals surface area contributed by atoms with Crippen molar-refractivity contribution in [2.45, 2.75) is 17.4 Å². The van der Waals surface area contributed by atoms with Crippen LogP contribution in [0.25, 0.3) is 6.08 Å². The summed E-state index contributed by atoms with van der Waals surface area (Å²) in [5.74, 6) is 0.00335. The van der Waals surface area contributed by atoms with Crippen LogP contribution in [0.15, 0.2) is 83.1 Å². The van der Waals surface area contributed by atoms with Crippen LogP contribution in [0, 0.1) is 0 Å². The molecule has 3 rings (SSSR count). The summed E-state index contributed by atoms with van der Waals surface area (Å²) in [6.45, 7) is 0. The van der Waals surface area contributed by atoms with E-state index in [2.05, 4.69) is 4.74 Å². The van der Waals surface area contributed by atoms with Crippen LogP contribution in [-0.4, -0.2) is 14.8 Å². The zero-order chi connectivity index (χ0) is 24.3. The molecular weight excluding hydrogens is 474 g/mol. The monoisotopic (exact) mass is 488 g/mol. The van der Waals surface area contributed by atoms with Gasteiger partial charge in [0.1, 0.15) is 17.2 Å². The first-order valence-corrected chi connectivity index (χ1v) is 10.6. The molecule has 3 aromatic carbocycles. The van der Waals surface area contributed by atoms with E-state index in [1.807, 2.05) is 0 Å². The minimum atomic E-state index is -4.81. The summed E-state index contributed by atoms with van der Waals surface area (Å²) in [6.07, 6.45) is -8.13. The molecule has 0 radical (unpaired) electrons. The van der Waals surface area contributed by atoms with Crippen LogP contribution in [0.3, 0.4) is 0 Å². The third kappa shape index (κ3) is 7.01. The van der Waals surface area contributed by atoms with Crippen molar-refractivity contribution in [2.75, 3.05) is 0 Å². The maximum atomic E-state index is 12.6. The zero-order valence-electron chi connectivity index (χ0n) is 16.4. The van der Waals surface area contributed by atoms with E-state index >= 15 is 0 Å². The normalized spacial score (nSPS) is 12.7. The lowest BCUT2D eigenvalue weighted by atomic mass is 10.1. The van der Waals surface area contributed by atoms with Gasteiger partial charge in [-0.05, 0) is 72.3 Å². The third-order valence-corrected chi connectivity index (χ3v) is 5.55. The standard InChI is InChI=1S/C22H14F6O4S/c23-21(24,25)16-3-1-15(2-4-16)13-14-33(29,30)20-11-9-18(10-12-20)31-17-5-7-19(8-6-17)32-22(26,27)28/h1-14H/b14-13+. The van der Waals surface area contributed by atoms with E-state index < -0.39 is 33.7 Å². The van der Waals surface area contributed by atoms with Gasteiger partial charge in [0.2, 0.25) is 0 Å². The van der Waals surface area contributed by atoms with Crippen LogP contribution >= 0.6 is 0 Å². The van der Waals surface area contributed by atoms with Crippen molar-refractivity contribution in [2.24, 2.45) is 0 Å². The lowest BCUT2D eigenvalue weighted by molar-refractivity contribution is -0.274. The van der Waals surface area contributed by atoms with Gasteiger partial charge in [-0.25, -0.2) is 8.42 Å². The number of alkyl halides is 6. The van der Waals surface area contributed by atoms with E-state index in [1.165, 1.54) is 42.5 Å². The molecule has 33 heavy (non-hydrogen) atoms. The van der Waals surface area contributed by atoms with Gasteiger partial charge in [0.05, 0.1) is 10.5 Å². The Morgan fingerprint density at radius 1 is 0.667 bits per heavy atom. The fraction of sp³-hybridized carbons (Fsp3) is 0.0909. The Balaban J connectivity index is 1.66. The molecule has 0 saturated carbocycles. The first-order valence-electron chi connectivity index (χ1n) is 9.06. The molecule has 0 atom stereocenters. The molecule has 0 aromatic heterocycles. The largest absolute Gasteiger partial charge is 0.573 e. The SMILES string of the molecule is O=S(=O)(/C=C/c1ccc(C(F)(F)F)cc1)c1ccc(Oc2ccc(OC(F)(F)F)cc2)cc1. The van der Waals surface area contributed by atoms with Gasteiger partial charge in [0, 0.05) is 5.41 Å². The molecule has 174 valence electrons. The molecule has 0 aliphatic carbocycles. The second-order valence-corrected chi connectivity index (χ2v) is 8.39. The summed E-state index contributed by atoms with van der Waals surface area (Å²) in [7, 11) is -3.89. The summed E-state index contributed by atoms with van der Waals surface area (Å²) >= 11 is 0. The average Bonchev–Trinajstić information content (AvgIpc) is 2.73. The van der Waals surface area contributed by atoms with Gasteiger partial charge in [-0.2, -0.15) is 13.2 Å². The number of benzene rings is 3. The number of hydrogen-bond acceptors (Lipinski definition) is 4. The van der Waals surface area contributed by atoms with Gasteiger partial charge >= 0.3 is 12.5 Å². The van der Waals surface area contributed by atoms with Crippen molar-refractivity contribution in [3.8, 4) is 17.2 Å².